The van der Waals surface area contributed by atoms with E-state index in [1.165, 1.54) is 5.56 Å². The van der Waals surface area contributed by atoms with Crippen LogP contribution >= 0.6 is 0 Å². The van der Waals surface area contributed by atoms with Gasteiger partial charge in [-0.05, 0) is 29.5 Å². The van der Waals surface area contributed by atoms with Gasteiger partial charge < -0.3 is 15.7 Å². The lowest BCUT2D eigenvalue weighted by molar-refractivity contribution is 0.237. The van der Waals surface area contributed by atoms with Crippen LogP contribution in [0.15, 0.2) is 29.3 Å². The van der Waals surface area contributed by atoms with Gasteiger partial charge in [-0.15, -0.1) is 0 Å². The molecule has 0 spiro atoms. The summed E-state index contributed by atoms with van der Waals surface area (Å²) in [6, 6.07) is 7.69. The Labute approximate surface area is 114 Å². The standard InChI is InChI=1S/C15H23N3O/c1-15(2,3)10-18-12(9-17-14(18)16)8-11-4-6-13(19)7-5-11/h4-7,12,19H,8-10H2,1-3H3,(H2,16,17)/t12-/m1/s1. The minimum atomic E-state index is 0.192. The number of nitrogens with zero attached hydrogens (tertiary/aromatic N) is 2. The van der Waals surface area contributed by atoms with Gasteiger partial charge in [0.1, 0.15) is 5.75 Å². The first kappa shape index (κ1) is 13.7. The van der Waals surface area contributed by atoms with Crippen LogP contribution in [0.2, 0.25) is 0 Å². The summed E-state index contributed by atoms with van der Waals surface area (Å²) in [5, 5.41) is 9.31. The molecule has 0 bridgehead atoms. The third kappa shape index (κ3) is 3.63. The zero-order valence-corrected chi connectivity index (χ0v) is 11.9. The number of aliphatic imine (C=N–C) groups is 1. The van der Waals surface area contributed by atoms with Crippen LogP contribution in [-0.4, -0.2) is 35.1 Å². The molecule has 1 atom stereocenters. The number of hydrogen-bond acceptors (Lipinski definition) is 4. The first-order valence-corrected chi connectivity index (χ1v) is 6.70. The summed E-state index contributed by atoms with van der Waals surface area (Å²) in [7, 11) is 0. The van der Waals surface area contributed by atoms with Crippen LogP contribution in [-0.2, 0) is 6.42 Å². The van der Waals surface area contributed by atoms with Crippen molar-refractivity contribution in [2.45, 2.75) is 33.2 Å². The number of hydrogen-bond donors (Lipinski definition) is 2. The summed E-state index contributed by atoms with van der Waals surface area (Å²) in [5.74, 6) is 0.955. The average molecular weight is 261 g/mol. The Bertz CT molecular complexity index is 459. The smallest absolute Gasteiger partial charge is 0.191 e. The second kappa shape index (κ2) is 5.11. The zero-order chi connectivity index (χ0) is 14.0. The van der Waals surface area contributed by atoms with E-state index in [4.69, 9.17) is 5.73 Å². The molecule has 0 aromatic heterocycles. The summed E-state index contributed by atoms with van der Waals surface area (Å²) in [6.07, 6.45) is 0.903. The number of phenolic OH excluding ortho intramolecular Hbond substituents is 1. The lowest BCUT2D eigenvalue weighted by atomic mass is 9.94. The van der Waals surface area contributed by atoms with Crippen molar-refractivity contribution in [3.8, 4) is 5.75 Å². The van der Waals surface area contributed by atoms with Gasteiger partial charge in [-0.1, -0.05) is 32.9 Å². The summed E-state index contributed by atoms with van der Waals surface area (Å²) >= 11 is 0. The van der Waals surface area contributed by atoms with E-state index < -0.39 is 0 Å². The van der Waals surface area contributed by atoms with Gasteiger partial charge in [0.15, 0.2) is 5.96 Å². The monoisotopic (exact) mass is 261 g/mol. The quantitative estimate of drug-likeness (QED) is 0.874. The molecule has 0 amide bonds. The van der Waals surface area contributed by atoms with Crippen LogP contribution in [0.4, 0.5) is 0 Å². The molecular weight excluding hydrogens is 238 g/mol. The highest BCUT2D eigenvalue weighted by atomic mass is 16.3. The maximum atomic E-state index is 9.31. The molecule has 0 radical (unpaired) electrons. The highest BCUT2D eigenvalue weighted by Crippen LogP contribution is 2.22. The average Bonchev–Trinajstić information content (AvgIpc) is 2.63. The predicted molar refractivity (Wildman–Crippen MR) is 78.2 cm³/mol. The zero-order valence-electron chi connectivity index (χ0n) is 11.9. The van der Waals surface area contributed by atoms with Gasteiger partial charge in [-0.2, -0.15) is 0 Å². The van der Waals surface area contributed by atoms with Crippen molar-refractivity contribution in [2.24, 2.45) is 16.1 Å². The van der Waals surface area contributed by atoms with E-state index in [1.54, 1.807) is 12.1 Å². The second-order valence-corrected chi connectivity index (χ2v) is 6.41. The summed E-state index contributed by atoms with van der Waals surface area (Å²) in [5.41, 5.74) is 7.38. The summed E-state index contributed by atoms with van der Waals surface area (Å²) in [4.78, 5) is 6.57. The highest BCUT2D eigenvalue weighted by molar-refractivity contribution is 5.80. The van der Waals surface area contributed by atoms with Gasteiger partial charge in [0.25, 0.3) is 0 Å². The number of phenols is 1. The normalized spacial score (nSPS) is 19.6. The topological polar surface area (TPSA) is 61.8 Å². The van der Waals surface area contributed by atoms with Crippen LogP contribution < -0.4 is 5.73 Å². The van der Waals surface area contributed by atoms with Crippen LogP contribution in [0.25, 0.3) is 0 Å². The van der Waals surface area contributed by atoms with Crippen molar-refractivity contribution in [1.82, 2.24) is 4.90 Å². The number of nitrogens with two attached hydrogens (primary N) is 1. The van der Waals surface area contributed by atoms with Gasteiger partial charge in [-0.25, -0.2) is 0 Å². The van der Waals surface area contributed by atoms with E-state index in [0.717, 1.165) is 19.5 Å². The lowest BCUT2D eigenvalue weighted by Gasteiger charge is -2.32. The molecule has 1 aliphatic rings. The Morgan fingerprint density at radius 3 is 2.53 bits per heavy atom. The van der Waals surface area contributed by atoms with Gasteiger partial charge in [0.05, 0.1) is 12.6 Å². The summed E-state index contributed by atoms with van der Waals surface area (Å²) in [6.45, 7) is 8.27. The summed E-state index contributed by atoms with van der Waals surface area (Å²) < 4.78 is 0. The van der Waals surface area contributed by atoms with Crippen molar-refractivity contribution >= 4 is 5.96 Å². The van der Waals surface area contributed by atoms with Gasteiger partial charge in [0.2, 0.25) is 0 Å². The first-order valence-electron chi connectivity index (χ1n) is 6.70. The third-order valence-electron chi connectivity index (χ3n) is 3.25. The van der Waals surface area contributed by atoms with E-state index in [-0.39, 0.29) is 5.41 Å². The van der Waals surface area contributed by atoms with E-state index in [2.05, 4.69) is 30.7 Å². The largest absolute Gasteiger partial charge is 0.508 e. The maximum Gasteiger partial charge on any atom is 0.191 e. The Hall–Kier alpha value is -1.71. The number of rotatable bonds is 3. The molecular formula is C15H23N3O. The number of aromatic hydroxyl groups is 1. The first-order chi connectivity index (χ1) is 8.85. The molecule has 19 heavy (non-hydrogen) atoms. The van der Waals surface area contributed by atoms with Crippen LogP contribution in [0.1, 0.15) is 26.3 Å². The van der Waals surface area contributed by atoms with Crippen molar-refractivity contribution in [2.75, 3.05) is 13.1 Å². The Kier molecular flexibility index (Phi) is 3.69. The Morgan fingerprint density at radius 1 is 1.32 bits per heavy atom. The fraction of sp³-hybridized carbons (Fsp3) is 0.533. The number of benzene rings is 1. The molecule has 0 saturated carbocycles. The van der Waals surface area contributed by atoms with Gasteiger partial charge in [0, 0.05) is 6.54 Å². The van der Waals surface area contributed by atoms with Crippen LogP contribution in [0.5, 0.6) is 5.75 Å². The molecule has 0 fully saturated rings. The van der Waals surface area contributed by atoms with Crippen molar-refractivity contribution in [3.05, 3.63) is 29.8 Å². The van der Waals surface area contributed by atoms with E-state index in [9.17, 15) is 5.11 Å². The minimum Gasteiger partial charge on any atom is -0.508 e. The minimum absolute atomic E-state index is 0.192. The van der Waals surface area contributed by atoms with E-state index in [1.807, 2.05) is 12.1 Å². The van der Waals surface area contributed by atoms with E-state index in [0.29, 0.717) is 17.8 Å². The third-order valence-corrected chi connectivity index (χ3v) is 3.25. The van der Waals surface area contributed by atoms with E-state index >= 15 is 0 Å². The molecule has 1 aromatic carbocycles. The molecule has 1 aliphatic heterocycles. The van der Waals surface area contributed by atoms with Crippen molar-refractivity contribution < 1.29 is 5.11 Å². The Morgan fingerprint density at radius 2 is 1.95 bits per heavy atom. The van der Waals surface area contributed by atoms with Crippen LogP contribution in [0, 0.1) is 5.41 Å². The van der Waals surface area contributed by atoms with Crippen molar-refractivity contribution in [3.63, 3.8) is 0 Å². The number of guanidine groups is 1. The van der Waals surface area contributed by atoms with Gasteiger partial charge >= 0.3 is 0 Å². The van der Waals surface area contributed by atoms with Crippen molar-refractivity contribution in [1.29, 1.82) is 0 Å². The molecule has 1 heterocycles. The maximum absolute atomic E-state index is 9.31. The van der Waals surface area contributed by atoms with Crippen LogP contribution in [0.3, 0.4) is 0 Å². The molecule has 4 heteroatoms. The lowest BCUT2D eigenvalue weighted by Crippen LogP contribution is -2.46. The second-order valence-electron chi connectivity index (χ2n) is 6.41. The molecule has 2 rings (SSSR count). The molecule has 0 unspecified atom stereocenters. The molecule has 0 saturated heterocycles. The fourth-order valence-electron chi connectivity index (χ4n) is 2.38. The predicted octanol–water partition coefficient (Wildman–Crippen LogP) is 1.98. The molecule has 104 valence electrons. The fourth-order valence-corrected chi connectivity index (χ4v) is 2.38. The highest BCUT2D eigenvalue weighted by Gasteiger charge is 2.29. The molecule has 0 aliphatic carbocycles. The van der Waals surface area contributed by atoms with Gasteiger partial charge in [-0.3, -0.25) is 4.99 Å². The molecule has 3 N–H and O–H groups in total. The Balaban J connectivity index is 2.05. The molecule has 4 nitrogen and oxygen atoms in total. The molecule has 1 aromatic rings. The SMILES string of the molecule is CC(C)(C)CN1C(N)=NC[C@H]1Cc1ccc(O)cc1.